The SMILES string of the molecule is Cc1cc(NC(=O)C(C)CN)ccc1C(N)=O.Cl. The molecule has 0 saturated heterocycles. The van der Waals surface area contributed by atoms with Crippen molar-refractivity contribution in [3.63, 3.8) is 0 Å². The number of nitrogens with one attached hydrogen (secondary N) is 1. The smallest absolute Gasteiger partial charge is 0.248 e. The van der Waals surface area contributed by atoms with Gasteiger partial charge in [0, 0.05) is 23.7 Å². The molecule has 0 heterocycles. The molecule has 0 radical (unpaired) electrons. The minimum atomic E-state index is -0.476. The fourth-order valence-corrected chi connectivity index (χ4v) is 1.39. The third-order valence-corrected chi connectivity index (χ3v) is 2.56. The van der Waals surface area contributed by atoms with Gasteiger partial charge in [-0.2, -0.15) is 0 Å². The van der Waals surface area contributed by atoms with Crippen LogP contribution in [0, 0.1) is 12.8 Å². The second kappa shape index (κ2) is 6.98. The Morgan fingerprint density at radius 1 is 1.39 bits per heavy atom. The number of hydrogen-bond acceptors (Lipinski definition) is 3. The summed E-state index contributed by atoms with van der Waals surface area (Å²) < 4.78 is 0. The summed E-state index contributed by atoms with van der Waals surface area (Å²) in [6, 6.07) is 4.95. The molecule has 0 fully saturated rings. The van der Waals surface area contributed by atoms with Crippen LogP contribution in [0.3, 0.4) is 0 Å². The molecule has 1 aromatic carbocycles. The molecule has 0 aromatic heterocycles. The molecule has 0 aliphatic carbocycles. The number of benzene rings is 1. The Kier molecular flexibility index (Phi) is 6.36. The fraction of sp³-hybridized carbons (Fsp3) is 0.333. The van der Waals surface area contributed by atoms with Gasteiger partial charge in [-0.3, -0.25) is 9.59 Å². The Morgan fingerprint density at radius 2 is 2.00 bits per heavy atom. The van der Waals surface area contributed by atoms with E-state index in [1.807, 2.05) is 0 Å². The second-order valence-electron chi connectivity index (χ2n) is 4.02. The van der Waals surface area contributed by atoms with Crippen molar-refractivity contribution in [2.24, 2.45) is 17.4 Å². The molecule has 1 atom stereocenters. The maximum absolute atomic E-state index is 11.6. The number of rotatable bonds is 4. The maximum Gasteiger partial charge on any atom is 0.248 e. The molecular weight excluding hydrogens is 254 g/mol. The van der Waals surface area contributed by atoms with Crippen LogP contribution in [0.15, 0.2) is 18.2 Å². The van der Waals surface area contributed by atoms with Crippen molar-refractivity contribution in [2.45, 2.75) is 13.8 Å². The van der Waals surface area contributed by atoms with Gasteiger partial charge < -0.3 is 16.8 Å². The standard InChI is InChI=1S/C12H17N3O2.ClH/c1-7-5-9(3-4-10(7)11(14)16)15-12(17)8(2)6-13;/h3-5,8H,6,13H2,1-2H3,(H2,14,16)(H,15,17);1H. The van der Waals surface area contributed by atoms with E-state index >= 15 is 0 Å². The summed E-state index contributed by atoms with van der Waals surface area (Å²) in [6.07, 6.45) is 0. The van der Waals surface area contributed by atoms with Gasteiger partial charge in [0.15, 0.2) is 0 Å². The molecule has 1 rings (SSSR count). The zero-order valence-electron chi connectivity index (χ0n) is 10.4. The lowest BCUT2D eigenvalue weighted by Crippen LogP contribution is -2.26. The lowest BCUT2D eigenvalue weighted by molar-refractivity contribution is -0.119. The van der Waals surface area contributed by atoms with Crippen LogP contribution in [-0.4, -0.2) is 18.4 Å². The van der Waals surface area contributed by atoms with Gasteiger partial charge in [-0.15, -0.1) is 12.4 Å². The minimum Gasteiger partial charge on any atom is -0.366 e. The predicted molar refractivity (Wildman–Crippen MR) is 73.8 cm³/mol. The zero-order valence-corrected chi connectivity index (χ0v) is 11.2. The summed E-state index contributed by atoms with van der Waals surface area (Å²) in [5.41, 5.74) is 12.4. The average Bonchev–Trinajstić information content (AvgIpc) is 2.27. The van der Waals surface area contributed by atoms with Gasteiger partial charge in [-0.1, -0.05) is 6.92 Å². The summed E-state index contributed by atoms with van der Waals surface area (Å²) in [5.74, 6) is -0.861. The number of halogens is 1. The monoisotopic (exact) mass is 271 g/mol. The summed E-state index contributed by atoms with van der Waals surface area (Å²) in [5, 5.41) is 2.73. The van der Waals surface area contributed by atoms with Gasteiger partial charge in [-0.25, -0.2) is 0 Å². The van der Waals surface area contributed by atoms with Crippen LogP contribution in [0.1, 0.15) is 22.8 Å². The van der Waals surface area contributed by atoms with E-state index in [0.717, 1.165) is 5.56 Å². The van der Waals surface area contributed by atoms with Crippen LogP contribution in [0.2, 0.25) is 0 Å². The first-order valence-corrected chi connectivity index (χ1v) is 5.37. The number of nitrogens with two attached hydrogens (primary N) is 2. The highest BCUT2D eigenvalue weighted by atomic mass is 35.5. The van der Waals surface area contributed by atoms with Gasteiger partial charge >= 0.3 is 0 Å². The summed E-state index contributed by atoms with van der Waals surface area (Å²) in [4.78, 5) is 22.6. The predicted octanol–water partition coefficient (Wildman–Crippen LogP) is 1.05. The van der Waals surface area contributed by atoms with E-state index < -0.39 is 5.91 Å². The molecule has 0 bridgehead atoms. The van der Waals surface area contributed by atoms with Crippen LogP contribution < -0.4 is 16.8 Å². The molecule has 0 spiro atoms. The van der Waals surface area contributed by atoms with Crippen LogP contribution in [0.5, 0.6) is 0 Å². The van der Waals surface area contributed by atoms with E-state index in [2.05, 4.69) is 5.32 Å². The van der Waals surface area contributed by atoms with E-state index in [1.165, 1.54) is 0 Å². The Balaban J connectivity index is 0.00000289. The molecule has 18 heavy (non-hydrogen) atoms. The van der Waals surface area contributed by atoms with Crippen LogP contribution in [0.4, 0.5) is 5.69 Å². The third kappa shape index (κ3) is 4.01. The maximum atomic E-state index is 11.6. The highest BCUT2D eigenvalue weighted by molar-refractivity contribution is 5.96. The van der Waals surface area contributed by atoms with Crippen molar-refractivity contribution in [2.75, 3.05) is 11.9 Å². The Bertz CT molecular complexity index is 449. The number of carbonyl (C=O) groups excluding carboxylic acids is 2. The normalized spacial score (nSPS) is 11.3. The highest BCUT2D eigenvalue weighted by Crippen LogP contribution is 2.15. The minimum absolute atomic E-state index is 0. The van der Waals surface area contributed by atoms with Crippen molar-refractivity contribution in [3.05, 3.63) is 29.3 Å². The van der Waals surface area contributed by atoms with Gasteiger partial charge in [0.2, 0.25) is 11.8 Å². The quantitative estimate of drug-likeness (QED) is 0.763. The molecule has 0 aliphatic heterocycles. The van der Waals surface area contributed by atoms with Gasteiger partial charge in [0.25, 0.3) is 0 Å². The van der Waals surface area contributed by atoms with Gasteiger partial charge in [0.1, 0.15) is 0 Å². The lowest BCUT2D eigenvalue weighted by Gasteiger charge is -2.11. The van der Waals surface area contributed by atoms with E-state index in [0.29, 0.717) is 17.8 Å². The van der Waals surface area contributed by atoms with Crippen molar-refractivity contribution >= 4 is 29.9 Å². The third-order valence-electron chi connectivity index (χ3n) is 2.56. The average molecular weight is 272 g/mol. The molecular formula is C12H18ClN3O2. The molecule has 5 nitrogen and oxygen atoms in total. The van der Waals surface area contributed by atoms with E-state index in [-0.39, 0.29) is 24.2 Å². The topological polar surface area (TPSA) is 98.2 Å². The Hall–Kier alpha value is -1.59. The molecule has 1 unspecified atom stereocenters. The van der Waals surface area contributed by atoms with Crippen molar-refractivity contribution in [3.8, 4) is 0 Å². The number of anilines is 1. The number of primary amides is 1. The summed E-state index contributed by atoms with van der Waals surface area (Å²) in [6.45, 7) is 3.81. The largest absolute Gasteiger partial charge is 0.366 e. The van der Waals surface area contributed by atoms with Gasteiger partial charge in [0.05, 0.1) is 0 Å². The second-order valence-corrected chi connectivity index (χ2v) is 4.02. The molecule has 0 saturated carbocycles. The lowest BCUT2D eigenvalue weighted by atomic mass is 10.1. The number of carbonyl (C=O) groups is 2. The number of amides is 2. The molecule has 100 valence electrons. The van der Waals surface area contributed by atoms with Crippen LogP contribution in [0.25, 0.3) is 0 Å². The molecule has 6 heteroatoms. The van der Waals surface area contributed by atoms with Crippen molar-refractivity contribution < 1.29 is 9.59 Å². The molecule has 0 aliphatic rings. The number of aryl methyl sites for hydroxylation is 1. The van der Waals surface area contributed by atoms with E-state index in [4.69, 9.17) is 11.5 Å². The Morgan fingerprint density at radius 3 is 2.44 bits per heavy atom. The Labute approximate surface area is 112 Å². The molecule has 5 N–H and O–H groups in total. The summed E-state index contributed by atoms with van der Waals surface area (Å²) in [7, 11) is 0. The van der Waals surface area contributed by atoms with Crippen molar-refractivity contribution in [1.82, 2.24) is 0 Å². The molecule has 2 amide bonds. The first-order chi connectivity index (χ1) is 7.95. The van der Waals surface area contributed by atoms with Gasteiger partial charge in [-0.05, 0) is 30.7 Å². The zero-order chi connectivity index (χ0) is 13.0. The fourth-order valence-electron chi connectivity index (χ4n) is 1.39. The number of hydrogen-bond donors (Lipinski definition) is 3. The first-order valence-electron chi connectivity index (χ1n) is 5.37. The van der Waals surface area contributed by atoms with Crippen molar-refractivity contribution in [1.29, 1.82) is 0 Å². The first kappa shape index (κ1) is 16.4. The van der Waals surface area contributed by atoms with Crippen LogP contribution in [-0.2, 0) is 4.79 Å². The van der Waals surface area contributed by atoms with E-state index in [9.17, 15) is 9.59 Å². The van der Waals surface area contributed by atoms with Crippen LogP contribution >= 0.6 is 12.4 Å². The summed E-state index contributed by atoms with van der Waals surface area (Å²) >= 11 is 0. The highest BCUT2D eigenvalue weighted by Gasteiger charge is 2.12. The van der Waals surface area contributed by atoms with E-state index in [1.54, 1.807) is 32.0 Å². The molecule has 1 aromatic rings.